The molecule has 107 heavy (non-hydrogen) atoms. The molecule has 534 valence electrons. The topological polar surface area (TPSA) is 36.9 Å². The number of hydrogen-bond donors (Lipinski definition) is 0. The normalized spacial score (nSPS) is 16.2. The van der Waals surface area contributed by atoms with Gasteiger partial charge in [0.2, 0.25) is 0 Å². The molecule has 0 saturated heterocycles. The number of aryl methyl sites for hydroxylation is 4. The molecule has 4 aliphatic rings. The fraction of sp³-hybridized carbons (Fsp3) is 0.143. The predicted molar refractivity (Wildman–Crippen MR) is 457 cm³/mol. The SMILES string of the molecule is COc1ccc(-c2ccc(C3C=CC=Cc4c3cc(C)[c-]4[SiH](C)[c-]3c(C)cc4c3C=CC=CC4c3ccc(-c4ccc(OC)cc4)cc3)cc2)cc1.COc1ccc(-c2ccc(C3C=CC=Cc4c3cc(C)[c-]4[SiH](C)[c-]3c(C)cc4c3C=CC=CC4c3ccc(-c4ccc(OC)cc4)cc3)cc2)cc1.[Cl][Zr][Cl]. The van der Waals surface area contributed by atoms with Crippen LogP contribution in [-0.2, 0) is 20.8 Å². The van der Waals surface area contributed by atoms with E-state index in [-0.39, 0.29) is 23.7 Å². The molecule has 0 spiro atoms. The third-order valence-electron chi connectivity index (χ3n) is 22.1. The van der Waals surface area contributed by atoms with Crippen LogP contribution in [0.1, 0.15) is 113 Å². The Bertz CT molecular complexity index is 4690. The van der Waals surface area contributed by atoms with Crippen LogP contribution < -0.4 is 39.7 Å². The molecule has 4 nitrogen and oxygen atoms in total. The number of ether oxygens (including phenoxy) is 4. The Kier molecular flexibility index (Phi) is 23.2. The second-order valence-corrected chi connectivity index (χ2v) is 37.2. The Morgan fingerprint density at radius 1 is 0.271 bits per heavy atom. The van der Waals surface area contributed by atoms with Crippen molar-refractivity contribution in [3.63, 3.8) is 0 Å². The van der Waals surface area contributed by atoms with Gasteiger partial charge in [0.15, 0.2) is 0 Å². The van der Waals surface area contributed by atoms with Crippen LogP contribution in [0.5, 0.6) is 23.0 Å². The minimum absolute atomic E-state index is 0.204. The van der Waals surface area contributed by atoms with Crippen LogP contribution in [0.15, 0.2) is 291 Å². The molecule has 9 heteroatoms. The van der Waals surface area contributed by atoms with Crippen LogP contribution in [-0.4, -0.2) is 46.0 Å². The summed E-state index contributed by atoms with van der Waals surface area (Å²) in [7, 11) is 13.5. The first-order valence-electron chi connectivity index (χ1n) is 36.8. The molecule has 0 aromatic heterocycles. The number of allylic oxidation sites excluding steroid dienone is 12. The molecule has 0 amide bonds. The number of benzene rings is 8. The molecule has 0 heterocycles. The van der Waals surface area contributed by atoms with Crippen molar-refractivity contribution in [2.24, 2.45) is 0 Å². The second kappa shape index (κ2) is 33.5. The molecule has 16 rings (SSSR count). The maximum absolute atomic E-state index is 5.36. The number of hydrogen-bond acceptors (Lipinski definition) is 4. The van der Waals surface area contributed by atoms with Gasteiger partial charge in [-0.25, -0.2) is 0 Å². The molecule has 0 aliphatic heterocycles. The summed E-state index contributed by atoms with van der Waals surface area (Å²) in [4.78, 5) is 0. The zero-order chi connectivity index (χ0) is 74.2. The van der Waals surface area contributed by atoms with Crippen molar-refractivity contribution in [1.82, 2.24) is 0 Å². The van der Waals surface area contributed by atoms with Crippen molar-refractivity contribution in [2.75, 3.05) is 28.4 Å². The summed E-state index contributed by atoms with van der Waals surface area (Å²) < 4.78 is 21.5. The number of fused-ring (bicyclic) bond motifs is 4. The molecule has 0 radical (unpaired) electrons. The quantitative estimate of drug-likeness (QED) is 0.0714. The Morgan fingerprint density at radius 2 is 0.439 bits per heavy atom. The monoisotopic (exact) mass is 1540 g/mol. The number of methoxy groups -OCH3 is 4. The van der Waals surface area contributed by atoms with Gasteiger partial charge in [0.25, 0.3) is 0 Å². The molecule has 0 fully saturated rings. The van der Waals surface area contributed by atoms with E-state index in [0.717, 1.165) is 23.0 Å². The Morgan fingerprint density at radius 3 is 0.607 bits per heavy atom. The molecule has 4 unspecified atom stereocenters. The van der Waals surface area contributed by atoms with E-state index in [2.05, 4.69) is 308 Å². The van der Waals surface area contributed by atoms with E-state index in [1.165, 1.54) is 134 Å². The maximum atomic E-state index is 5.36. The first kappa shape index (κ1) is 74.0. The summed E-state index contributed by atoms with van der Waals surface area (Å²) in [5.74, 6) is 4.32. The molecule has 0 saturated carbocycles. The van der Waals surface area contributed by atoms with Crippen LogP contribution in [0.3, 0.4) is 0 Å². The summed E-state index contributed by atoms with van der Waals surface area (Å²) in [6.07, 6.45) is 36.8. The van der Waals surface area contributed by atoms with E-state index in [1.54, 1.807) is 49.2 Å². The van der Waals surface area contributed by atoms with Gasteiger partial charge in [-0.15, -0.1) is 91.6 Å². The molecule has 12 aromatic rings. The minimum atomic E-state index is -1.60. The first-order valence-corrected chi connectivity index (χ1v) is 47.8. The third kappa shape index (κ3) is 15.6. The van der Waals surface area contributed by atoms with Crippen LogP contribution >= 0.6 is 17.0 Å². The van der Waals surface area contributed by atoms with E-state index in [4.69, 9.17) is 36.0 Å². The fourth-order valence-corrected chi connectivity index (χ4v) is 23.5. The molecule has 12 aromatic carbocycles. The van der Waals surface area contributed by atoms with Gasteiger partial charge >= 0.3 is 37.9 Å². The molecule has 0 bridgehead atoms. The van der Waals surface area contributed by atoms with Gasteiger partial charge in [-0.2, -0.15) is 68.8 Å². The van der Waals surface area contributed by atoms with Crippen molar-refractivity contribution in [1.29, 1.82) is 0 Å². The molecular weight excluding hydrogens is 1460 g/mol. The van der Waals surface area contributed by atoms with Gasteiger partial charge in [0, 0.05) is 17.6 Å². The van der Waals surface area contributed by atoms with Crippen molar-refractivity contribution in [2.45, 2.75) is 64.5 Å². The van der Waals surface area contributed by atoms with Gasteiger partial charge < -0.3 is 18.9 Å². The van der Waals surface area contributed by atoms with Crippen LogP contribution in [0, 0.1) is 27.7 Å². The predicted octanol–water partition coefficient (Wildman–Crippen LogP) is 22.4. The summed E-state index contributed by atoms with van der Waals surface area (Å²) in [5, 5.41) is 6.27. The van der Waals surface area contributed by atoms with Gasteiger partial charge in [0.05, 0.1) is 28.4 Å². The van der Waals surface area contributed by atoms with E-state index >= 15 is 0 Å². The first-order chi connectivity index (χ1) is 52.3. The number of rotatable bonds is 16. The van der Waals surface area contributed by atoms with Crippen LogP contribution in [0.2, 0.25) is 13.1 Å². The molecule has 4 atom stereocenters. The number of halogens is 2. The van der Waals surface area contributed by atoms with Crippen LogP contribution in [0.25, 0.3) is 68.8 Å². The van der Waals surface area contributed by atoms with Crippen molar-refractivity contribution in [3.05, 3.63) is 380 Å². The second-order valence-electron chi connectivity index (χ2n) is 28.2. The zero-order valence-electron chi connectivity index (χ0n) is 62.4. The van der Waals surface area contributed by atoms with Gasteiger partial charge in [0.1, 0.15) is 23.0 Å². The summed E-state index contributed by atoms with van der Waals surface area (Å²) in [6.45, 7) is 14.4. The van der Waals surface area contributed by atoms with E-state index < -0.39 is 38.4 Å². The third-order valence-corrected chi connectivity index (χ3v) is 28.7. The Labute approximate surface area is 654 Å². The van der Waals surface area contributed by atoms with Gasteiger partial charge in [-0.1, -0.05) is 235 Å². The zero-order valence-corrected chi connectivity index (χ0v) is 68.7. The standard InChI is InChI=1S/2C49H44O2Si.2ClH.Zr/c2*1-32-30-46-42(38-18-14-34(15-19-38)36-22-26-40(50-3)27-23-36)10-6-8-12-44(46)48(32)52(5)49-33(2)31-47-43(11-7-9-13-45(47)49)39-20-16-35(17-21-39)37-24-28-41(51-4)29-25-37;;;/h2*6-31,42-43,52H,1-5H3;2*1H;/q2*-2;;;+2/p-2. The van der Waals surface area contributed by atoms with Gasteiger partial charge in [-0.05, 0) is 139 Å². The van der Waals surface area contributed by atoms with E-state index in [9.17, 15) is 0 Å². The van der Waals surface area contributed by atoms with Crippen molar-refractivity contribution >= 4 is 79.7 Å². The molecule has 4 aliphatic carbocycles. The summed E-state index contributed by atoms with van der Waals surface area (Å²) in [5.41, 5.74) is 31.9. The average molecular weight is 1550 g/mol. The van der Waals surface area contributed by atoms with Gasteiger partial charge in [-0.3, -0.25) is 0 Å². The fourth-order valence-electron chi connectivity index (χ4n) is 16.9. The average Bonchev–Trinajstić information content (AvgIpc) is 1.62. The molecular formula is C98H88Cl2O4Si2Zr-4. The van der Waals surface area contributed by atoms with Crippen molar-refractivity contribution < 1.29 is 39.8 Å². The van der Waals surface area contributed by atoms with E-state index in [1.807, 2.05) is 48.5 Å². The van der Waals surface area contributed by atoms with Crippen molar-refractivity contribution in [3.8, 4) is 67.5 Å². The molecule has 0 N–H and O–H groups in total. The van der Waals surface area contributed by atoms with E-state index in [0.29, 0.717) is 0 Å². The Hall–Kier alpha value is -9.82. The van der Waals surface area contributed by atoms with Crippen LogP contribution in [0.4, 0.5) is 0 Å². The summed E-state index contributed by atoms with van der Waals surface area (Å²) >= 11 is -0.826. The Balaban J connectivity index is 0.000000173. The summed E-state index contributed by atoms with van der Waals surface area (Å²) in [6, 6.07) is 79.5.